The summed E-state index contributed by atoms with van der Waals surface area (Å²) in [5, 5.41) is 2.62. The first-order valence-electron chi connectivity index (χ1n) is 11.2. The van der Waals surface area contributed by atoms with Crippen molar-refractivity contribution in [1.29, 1.82) is 0 Å². The van der Waals surface area contributed by atoms with Gasteiger partial charge in [0.1, 0.15) is 18.4 Å². The molecule has 3 rings (SSSR count). The Hall–Kier alpha value is -3.14. The summed E-state index contributed by atoms with van der Waals surface area (Å²) in [5.41, 5.74) is 0.945. The van der Waals surface area contributed by atoms with Crippen LogP contribution in [0.1, 0.15) is 11.1 Å². The van der Waals surface area contributed by atoms with Gasteiger partial charge in [0.15, 0.2) is 0 Å². The van der Waals surface area contributed by atoms with Crippen LogP contribution in [0.5, 0.6) is 0 Å². The van der Waals surface area contributed by atoms with E-state index in [1.807, 2.05) is 6.07 Å². The van der Waals surface area contributed by atoms with Crippen LogP contribution >= 0.6 is 23.2 Å². The summed E-state index contributed by atoms with van der Waals surface area (Å²) < 4.78 is 40.9. The summed E-state index contributed by atoms with van der Waals surface area (Å²) in [6.07, 6.45) is 1.05. The molecule has 0 heterocycles. The molecule has 0 saturated carbocycles. The van der Waals surface area contributed by atoms with Gasteiger partial charge in [-0.15, -0.1) is 0 Å². The zero-order valence-corrected chi connectivity index (χ0v) is 22.5. The van der Waals surface area contributed by atoms with E-state index in [1.54, 1.807) is 30.3 Å². The number of anilines is 1. The second-order valence-corrected chi connectivity index (χ2v) is 11.0. The third-order valence-electron chi connectivity index (χ3n) is 5.70. The van der Waals surface area contributed by atoms with E-state index >= 15 is 0 Å². The topological polar surface area (TPSA) is 86.8 Å². The first kappa shape index (κ1) is 28.4. The molecule has 3 aromatic rings. The van der Waals surface area contributed by atoms with E-state index in [2.05, 4.69) is 5.32 Å². The predicted molar refractivity (Wildman–Crippen MR) is 144 cm³/mol. The number of halogens is 3. The van der Waals surface area contributed by atoms with Gasteiger partial charge in [-0.1, -0.05) is 77.8 Å². The van der Waals surface area contributed by atoms with E-state index in [1.165, 1.54) is 48.3 Å². The Labute approximate surface area is 225 Å². The van der Waals surface area contributed by atoms with Gasteiger partial charge in [0.05, 0.1) is 22.0 Å². The fraction of sp³-hybridized carbons (Fsp3) is 0.231. The number of nitrogens with zero attached hydrogens (tertiary/aromatic N) is 2. The van der Waals surface area contributed by atoms with E-state index in [9.17, 15) is 22.4 Å². The minimum absolute atomic E-state index is 0.00964. The average Bonchev–Trinajstić information content (AvgIpc) is 2.87. The van der Waals surface area contributed by atoms with Crippen LogP contribution in [-0.2, 0) is 32.6 Å². The third kappa shape index (κ3) is 7.21. The molecule has 0 aliphatic rings. The smallest absolute Gasteiger partial charge is 0.244 e. The Bertz CT molecular complexity index is 1370. The summed E-state index contributed by atoms with van der Waals surface area (Å²) >= 11 is 12.4. The Morgan fingerprint density at radius 2 is 1.62 bits per heavy atom. The molecule has 0 radical (unpaired) electrons. The van der Waals surface area contributed by atoms with Crippen molar-refractivity contribution in [2.45, 2.75) is 19.0 Å². The number of amides is 2. The van der Waals surface area contributed by atoms with Crippen molar-refractivity contribution in [1.82, 2.24) is 10.2 Å². The molecule has 7 nitrogen and oxygen atoms in total. The molecule has 1 atom stereocenters. The van der Waals surface area contributed by atoms with Crippen LogP contribution in [0.2, 0.25) is 10.0 Å². The maximum absolute atomic E-state index is 14.6. The van der Waals surface area contributed by atoms with Gasteiger partial charge in [-0.3, -0.25) is 13.9 Å². The summed E-state index contributed by atoms with van der Waals surface area (Å²) in [6, 6.07) is 18.2. The minimum Gasteiger partial charge on any atom is -0.357 e. The van der Waals surface area contributed by atoms with E-state index < -0.39 is 40.2 Å². The molecule has 0 fully saturated rings. The van der Waals surface area contributed by atoms with Crippen LogP contribution in [0.15, 0.2) is 72.8 Å². The van der Waals surface area contributed by atoms with Crippen molar-refractivity contribution in [3.05, 3.63) is 99.8 Å². The summed E-state index contributed by atoms with van der Waals surface area (Å²) in [7, 11) is -2.58. The van der Waals surface area contributed by atoms with E-state index in [0.717, 1.165) is 16.1 Å². The molecule has 0 aromatic heterocycles. The highest BCUT2D eigenvalue weighted by Crippen LogP contribution is 2.34. The second kappa shape index (κ2) is 12.4. The molecule has 11 heteroatoms. The molecule has 0 spiro atoms. The van der Waals surface area contributed by atoms with Crippen LogP contribution in [0, 0.1) is 5.82 Å². The van der Waals surface area contributed by atoms with Crippen LogP contribution in [-0.4, -0.2) is 51.0 Å². The first-order valence-corrected chi connectivity index (χ1v) is 13.8. The lowest BCUT2D eigenvalue weighted by Gasteiger charge is -2.33. The van der Waals surface area contributed by atoms with Crippen LogP contribution in [0.3, 0.4) is 0 Å². The fourth-order valence-electron chi connectivity index (χ4n) is 3.81. The molecule has 196 valence electrons. The maximum Gasteiger partial charge on any atom is 0.244 e. The van der Waals surface area contributed by atoms with Crippen molar-refractivity contribution >= 4 is 50.7 Å². The molecular formula is C26H26Cl2FN3O4S. The highest BCUT2D eigenvalue weighted by Gasteiger charge is 2.33. The standard InChI is InChI=1S/C26H26Cl2FN3O4S/c1-30-26(34)23(15-18-9-4-3-5-10-18)31(16-19-11-6-7-13-21(19)29)24(33)17-32(37(2,35)36)22-14-8-12-20(27)25(22)28/h3-14,23H,15-17H2,1-2H3,(H,30,34). The summed E-state index contributed by atoms with van der Waals surface area (Å²) in [5.74, 6) is -1.77. The van der Waals surface area contributed by atoms with Gasteiger partial charge in [-0.25, -0.2) is 12.8 Å². The van der Waals surface area contributed by atoms with Crippen molar-refractivity contribution in [3.63, 3.8) is 0 Å². The van der Waals surface area contributed by atoms with Crippen molar-refractivity contribution in [3.8, 4) is 0 Å². The Morgan fingerprint density at radius 1 is 0.973 bits per heavy atom. The zero-order valence-electron chi connectivity index (χ0n) is 20.2. The normalized spacial score (nSPS) is 12.0. The van der Waals surface area contributed by atoms with Gasteiger partial charge in [0, 0.05) is 25.6 Å². The number of likely N-dealkylation sites (N-methyl/N-ethyl adjacent to an activating group) is 1. The lowest BCUT2D eigenvalue weighted by molar-refractivity contribution is -0.139. The van der Waals surface area contributed by atoms with Crippen molar-refractivity contribution in [2.75, 3.05) is 24.2 Å². The Kier molecular flexibility index (Phi) is 9.53. The largest absolute Gasteiger partial charge is 0.357 e. The van der Waals surface area contributed by atoms with Gasteiger partial charge < -0.3 is 10.2 Å². The average molecular weight is 566 g/mol. The molecule has 1 unspecified atom stereocenters. The van der Waals surface area contributed by atoms with Gasteiger partial charge in [0.2, 0.25) is 21.8 Å². The van der Waals surface area contributed by atoms with Crippen molar-refractivity contribution < 1.29 is 22.4 Å². The predicted octanol–water partition coefficient (Wildman–Crippen LogP) is 4.28. The van der Waals surface area contributed by atoms with Gasteiger partial charge in [-0.2, -0.15) is 0 Å². The van der Waals surface area contributed by atoms with Crippen LogP contribution in [0.25, 0.3) is 0 Å². The number of sulfonamides is 1. The fourth-order valence-corrected chi connectivity index (χ4v) is 5.11. The molecule has 37 heavy (non-hydrogen) atoms. The van der Waals surface area contributed by atoms with Gasteiger partial charge >= 0.3 is 0 Å². The molecule has 0 aliphatic heterocycles. The Morgan fingerprint density at radius 3 is 2.24 bits per heavy atom. The van der Waals surface area contributed by atoms with E-state index in [0.29, 0.717) is 0 Å². The molecular weight excluding hydrogens is 540 g/mol. The van der Waals surface area contributed by atoms with Crippen molar-refractivity contribution in [2.24, 2.45) is 0 Å². The molecule has 0 aliphatic carbocycles. The second-order valence-electron chi connectivity index (χ2n) is 8.28. The van der Waals surface area contributed by atoms with Crippen LogP contribution < -0.4 is 9.62 Å². The summed E-state index contributed by atoms with van der Waals surface area (Å²) in [6.45, 7) is -0.951. The van der Waals surface area contributed by atoms with E-state index in [4.69, 9.17) is 23.2 Å². The number of benzene rings is 3. The van der Waals surface area contributed by atoms with Crippen LogP contribution in [0.4, 0.5) is 10.1 Å². The van der Waals surface area contributed by atoms with Gasteiger partial charge in [0.25, 0.3) is 0 Å². The Balaban J connectivity index is 2.07. The summed E-state index contributed by atoms with van der Waals surface area (Å²) in [4.78, 5) is 28.0. The van der Waals surface area contributed by atoms with Gasteiger partial charge in [-0.05, 0) is 23.8 Å². The lowest BCUT2D eigenvalue weighted by Crippen LogP contribution is -2.53. The zero-order chi connectivity index (χ0) is 27.2. The maximum atomic E-state index is 14.6. The minimum atomic E-state index is -4.01. The number of rotatable bonds is 10. The molecule has 0 bridgehead atoms. The van der Waals surface area contributed by atoms with E-state index in [-0.39, 0.29) is 34.3 Å². The molecule has 2 amide bonds. The number of hydrogen-bond acceptors (Lipinski definition) is 4. The SMILES string of the molecule is CNC(=O)C(Cc1ccccc1)N(Cc1ccccc1F)C(=O)CN(c1cccc(Cl)c1Cl)S(C)(=O)=O. The number of nitrogens with one attached hydrogen (secondary N) is 1. The first-order chi connectivity index (χ1) is 17.5. The molecule has 1 N–H and O–H groups in total. The number of carbonyl (C=O) groups is 2. The third-order valence-corrected chi connectivity index (χ3v) is 7.63. The monoisotopic (exact) mass is 565 g/mol. The highest BCUT2D eigenvalue weighted by molar-refractivity contribution is 7.92. The molecule has 3 aromatic carbocycles. The molecule has 0 saturated heterocycles. The number of hydrogen-bond donors (Lipinski definition) is 1. The number of carbonyl (C=O) groups excluding carboxylic acids is 2. The lowest BCUT2D eigenvalue weighted by atomic mass is 10.0. The highest BCUT2D eigenvalue weighted by atomic mass is 35.5. The quantitative estimate of drug-likeness (QED) is 0.397.